The molecule has 0 saturated carbocycles. The van der Waals surface area contributed by atoms with E-state index in [0.29, 0.717) is 18.5 Å². The van der Waals surface area contributed by atoms with Crippen LogP contribution >= 0.6 is 0 Å². The minimum Gasteiger partial charge on any atom is -0.350 e. The highest BCUT2D eigenvalue weighted by Crippen LogP contribution is 2.21. The van der Waals surface area contributed by atoms with Gasteiger partial charge in [-0.1, -0.05) is 18.2 Å². The molecule has 0 bridgehead atoms. The van der Waals surface area contributed by atoms with Crippen molar-refractivity contribution in [2.45, 2.75) is 33.2 Å². The number of nitrogens with zero attached hydrogens (tertiary/aromatic N) is 1. The van der Waals surface area contributed by atoms with E-state index in [4.69, 9.17) is 0 Å². The van der Waals surface area contributed by atoms with E-state index >= 15 is 0 Å². The molecule has 0 spiro atoms. The Morgan fingerprint density at radius 3 is 2.39 bits per heavy atom. The Hall–Kier alpha value is -3.15. The van der Waals surface area contributed by atoms with Crippen molar-refractivity contribution in [3.8, 4) is 0 Å². The molecule has 1 saturated heterocycles. The zero-order chi connectivity index (χ0) is 20.1. The van der Waals surface area contributed by atoms with Crippen LogP contribution in [0.4, 0.5) is 5.69 Å². The molecule has 0 aromatic heterocycles. The van der Waals surface area contributed by atoms with Gasteiger partial charge in [0.15, 0.2) is 0 Å². The van der Waals surface area contributed by atoms with Crippen LogP contribution in [-0.2, 0) is 16.1 Å². The molecule has 0 atom stereocenters. The Morgan fingerprint density at radius 1 is 1.00 bits per heavy atom. The quantitative estimate of drug-likeness (QED) is 0.809. The van der Waals surface area contributed by atoms with Gasteiger partial charge < -0.3 is 15.5 Å². The number of hydrogen-bond donors (Lipinski definition) is 2. The first-order valence-corrected chi connectivity index (χ1v) is 9.45. The second-order valence-corrected chi connectivity index (χ2v) is 7.07. The van der Waals surface area contributed by atoms with Gasteiger partial charge in [-0.15, -0.1) is 0 Å². The standard InChI is InChI=1S/C22H25N3O3/c1-15-5-8-18(12-16(15)2)22(28)24-14-20(26)23-13-17-6-9-19(10-7-17)25-11-3-4-21(25)27/h5-10,12H,3-4,11,13-14H2,1-2H3,(H,23,26)(H,24,28). The maximum atomic E-state index is 12.2. The van der Waals surface area contributed by atoms with Gasteiger partial charge in [0.05, 0.1) is 6.54 Å². The molecule has 6 nitrogen and oxygen atoms in total. The fraction of sp³-hybridized carbons (Fsp3) is 0.318. The second-order valence-electron chi connectivity index (χ2n) is 7.07. The van der Waals surface area contributed by atoms with E-state index in [9.17, 15) is 14.4 Å². The van der Waals surface area contributed by atoms with Gasteiger partial charge in [-0.2, -0.15) is 0 Å². The smallest absolute Gasteiger partial charge is 0.251 e. The van der Waals surface area contributed by atoms with Crippen molar-refractivity contribution in [2.75, 3.05) is 18.0 Å². The predicted molar refractivity (Wildman–Crippen MR) is 108 cm³/mol. The molecular weight excluding hydrogens is 354 g/mol. The molecule has 2 aromatic rings. The van der Waals surface area contributed by atoms with E-state index in [-0.39, 0.29) is 24.3 Å². The van der Waals surface area contributed by atoms with Crippen LogP contribution in [0.2, 0.25) is 0 Å². The molecule has 2 aromatic carbocycles. The number of aryl methyl sites for hydroxylation is 2. The second kappa shape index (κ2) is 8.69. The number of carbonyl (C=O) groups is 3. The molecule has 0 unspecified atom stereocenters. The van der Waals surface area contributed by atoms with Crippen molar-refractivity contribution < 1.29 is 14.4 Å². The van der Waals surface area contributed by atoms with Gasteiger partial charge in [0.25, 0.3) is 5.91 Å². The molecule has 1 fully saturated rings. The first-order valence-electron chi connectivity index (χ1n) is 9.45. The maximum Gasteiger partial charge on any atom is 0.251 e. The molecule has 0 radical (unpaired) electrons. The van der Waals surface area contributed by atoms with Gasteiger partial charge >= 0.3 is 0 Å². The molecule has 0 aliphatic carbocycles. The normalized spacial score (nSPS) is 13.5. The van der Waals surface area contributed by atoms with Crippen LogP contribution in [0.3, 0.4) is 0 Å². The highest BCUT2D eigenvalue weighted by atomic mass is 16.2. The lowest BCUT2D eigenvalue weighted by Gasteiger charge is -2.16. The summed E-state index contributed by atoms with van der Waals surface area (Å²) < 4.78 is 0. The number of benzene rings is 2. The van der Waals surface area contributed by atoms with E-state index in [2.05, 4.69) is 10.6 Å². The molecule has 28 heavy (non-hydrogen) atoms. The first-order chi connectivity index (χ1) is 13.4. The molecule has 2 N–H and O–H groups in total. The van der Waals surface area contributed by atoms with Crippen LogP contribution in [0.15, 0.2) is 42.5 Å². The lowest BCUT2D eigenvalue weighted by atomic mass is 10.1. The van der Waals surface area contributed by atoms with Crippen LogP contribution < -0.4 is 15.5 Å². The topological polar surface area (TPSA) is 78.5 Å². The van der Waals surface area contributed by atoms with Crippen molar-refractivity contribution in [3.63, 3.8) is 0 Å². The predicted octanol–water partition coefficient (Wildman–Crippen LogP) is 2.48. The zero-order valence-electron chi connectivity index (χ0n) is 16.2. The summed E-state index contributed by atoms with van der Waals surface area (Å²) in [4.78, 5) is 37.7. The van der Waals surface area contributed by atoms with E-state index in [1.165, 1.54) is 0 Å². The van der Waals surface area contributed by atoms with Crippen LogP contribution in [0, 0.1) is 13.8 Å². The van der Waals surface area contributed by atoms with Gasteiger partial charge in [0, 0.05) is 30.8 Å². The molecule has 1 aliphatic heterocycles. The lowest BCUT2D eigenvalue weighted by molar-refractivity contribution is -0.120. The third-order valence-corrected chi connectivity index (χ3v) is 4.99. The number of anilines is 1. The molecule has 6 heteroatoms. The van der Waals surface area contributed by atoms with Crippen molar-refractivity contribution in [1.82, 2.24) is 10.6 Å². The number of amides is 3. The van der Waals surface area contributed by atoms with Crippen molar-refractivity contribution >= 4 is 23.4 Å². The number of nitrogens with one attached hydrogen (secondary N) is 2. The largest absolute Gasteiger partial charge is 0.350 e. The minimum atomic E-state index is -0.266. The van der Waals surface area contributed by atoms with E-state index < -0.39 is 0 Å². The highest BCUT2D eigenvalue weighted by molar-refractivity contribution is 5.97. The van der Waals surface area contributed by atoms with Gasteiger partial charge in [-0.25, -0.2) is 0 Å². The van der Waals surface area contributed by atoms with Crippen molar-refractivity contribution in [3.05, 3.63) is 64.7 Å². The van der Waals surface area contributed by atoms with Crippen LogP contribution in [-0.4, -0.2) is 30.8 Å². The molecule has 3 amide bonds. The van der Waals surface area contributed by atoms with Crippen molar-refractivity contribution in [2.24, 2.45) is 0 Å². The van der Waals surface area contributed by atoms with Crippen LogP contribution in [0.1, 0.15) is 39.9 Å². The van der Waals surface area contributed by atoms with E-state index in [0.717, 1.165) is 35.3 Å². The summed E-state index contributed by atoms with van der Waals surface area (Å²) in [5.74, 6) is -0.366. The number of hydrogen-bond acceptors (Lipinski definition) is 3. The molecular formula is C22H25N3O3. The average molecular weight is 379 g/mol. The van der Waals surface area contributed by atoms with Gasteiger partial charge in [-0.3, -0.25) is 14.4 Å². The SMILES string of the molecule is Cc1ccc(C(=O)NCC(=O)NCc2ccc(N3CCCC3=O)cc2)cc1C. The minimum absolute atomic E-state index is 0.0773. The number of carbonyl (C=O) groups excluding carboxylic acids is 3. The maximum absolute atomic E-state index is 12.2. The van der Waals surface area contributed by atoms with Gasteiger partial charge in [0.1, 0.15) is 0 Å². The summed E-state index contributed by atoms with van der Waals surface area (Å²) in [5, 5.41) is 5.43. The summed E-state index contributed by atoms with van der Waals surface area (Å²) in [7, 11) is 0. The summed E-state index contributed by atoms with van der Waals surface area (Å²) in [6.45, 7) is 4.98. The van der Waals surface area contributed by atoms with E-state index in [1.54, 1.807) is 11.0 Å². The summed E-state index contributed by atoms with van der Waals surface area (Å²) in [6, 6.07) is 13.0. The highest BCUT2D eigenvalue weighted by Gasteiger charge is 2.21. The number of rotatable bonds is 6. The Morgan fingerprint density at radius 2 is 1.75 bits per heavy atom. The summed E-state index contributed by atoms with van der Waals surface area (Å²) in [6.07, 6.45) is 1.50. The summed E-state index contributed by atoms with van der Waals surface area (Å²) in [5.41, 5.74) is 4.52. The fourth-order valence-electron chi connectivity index (χ4n) is 3.12. The Bertz CT molecular complexity index is 890. The fourth-order valence-corrected chi connectivity index (χ4v) is 3.12. The molecule has 1 aliphatic rings. The molecule has 1 heterocycles. The van der Waals surface area contributed by atoms with Crippen LogP contribution in [0.25, 0.3) is 0 Å². The third kappa shape index (κ3) is 4.76. The van der Waals surface area contributed by atoms with Gasteiger partial charge in [0.2, 0.25) is 11.8 Å². The Labute approximate surface area is 164 Å². The summed E-state index contributed by atoms with van der Waals surface area (Å²) >= 11 is 0. The average Bonchev–Trinajstić information content (AvgIpc) is 3.13. The molecule has 146 valence electrons. The Balaban J connectivity index is 1.45. The Kier molecular flexibility index (Phi) is 6.09. The zero-order valence-corrected chi connectivity index (χ0v) is 16.2. The first kappa shape index (κ1) is 19.6. The van der Waals surface area contributed by atoms with Crippen molar-refractivity contribution in [1.29, 1.82) is 0 Å². The lowest BCUT2D eigenvalue weighted by Crippen LogP contribution is -2.36. The monoisotopic (exact) mass is 379 g/mol. The van der Waals surface area contributed by atoms with Gasteiger partial charge in [-0.05, 0) is 61.2 Å². The third-order valence-electron chi connectivity index (χ3n) is 4.99. The van der Waals surface area contributed by atoms with Crippen LogP contribution in [0.5, 0.6) is 0 Å². The van der Waals surface area contributed by atoms with E-state index in [1.807, 2.05) is 50.2 Å². The molecule has 3 rings (SSSR count).